The van der Waals surface area contributed by atoms with Crippen LogP contribution < -0.4 is 20.3 Å². The van der Waals surface area contributed by atoms with E-state index in [1.807, 2.05) is 57.1 Å². The molecular formula is C22H31N5O2. The molecule has 1 heterocycles. The molecule has 7 heteroatoms. The number of hydrogen-bond acceptors (Lipinski definition) is 6. The molecule has 0 spiro atoms. The summed E-state index contributed by atoms with van der Waals surface area (Å²) in [6, 6.07) is 9.87. The maximum atomic E-state index is 12.6. The molecule has 1 saturated carbocycles. The summed E-state index contributed by atoms with van der Waals surface area (Å²) in [7, 11) is 3.88. The van der Waals surface area contributed by atoms with Gasteiger partial charge in [-0.1, -0.05) is 6.07 Å². The number of aryl methyl sites for hydroxylation is 1. The minimum absolute atomic E-state index is 0.0370. The van der Waals surface area contributed by atoms with Gasteiger partial charge < -0.3 is 20.3 Å². The summed E-state index contributed by atoms with van der Waals surface area (Å²) < 4.78 is 5.49. The van der Waals surface area contributed by atoms with Crippen molar-refractivity contribution in [1.29, 1.82) is 0 Å². The van der Waals surface area contributed by atoms with Crippen molar-refractivity contribution < 1.29 is 9.53 Å². The normalized spacial score (nSPS) is 18.8. The fourth-order valence-electron chi connectivity index (χ4n) is 3.58. The Hall–Kier alpha value is -2.83. The average Bonchev–Trinajstić information content (AvgIpc) is 2.69. The summed E-state index contributed by atoms with van der Waals surface area (Å²) in [6.07, 6.45) is 3.87. The van der Waals surface area contributed by atoms with Gasteiger partial charge in [-0.3, -0.25) is 4.79 Å². The molecule has 0 radical (unpaired) electrons. The highest BCUT2D eigenvalue weighted by atomic mass is 16.5. The van der Waals surface area contributed by atoms with Gasteiger partial charge in [0.25, 0.3) is 5.91 Å². The lowest BCUT2D eigenvalue weighted by Crippen LogP contribution is -2.40. The van der Waals surface area contributed by atoms with E-state index in [9.17, 15) is 4.79 Å². The number of nitrogens with zero attached hydrogens (tertiary/aromatic N) is 3. The molecule has 2 N–H and O–H groups in total. The zero-order valence-electron chi connectivity index (χ0n) is 17.7. The zero-order valence-corrected chi connectivity index (χ0v) is 17.7. The van der Waals surface area contributed by atoms with E-state index in [-0.39, 0.29) is 11.9 Å². The smallest absolute Gasteiger partial charge is 0.251 e. The molecule has 1 aliphatic carbocycles. The molecule has 2 aromatic rings. The van der Waals surface area contributed by atoms with E-state index in [4.69, 9.17) is 4.74 Å². The number of carbonyl (C=O) groups is 1. The lowest BCUT2D eigenvalue weighted by molar-refractivity contribution is 0.0926. The Balaban J connectivity index is 1.52. The van der Waals surface area contributed by atoms with Crippen molar-refractivity contribution in [2.24, 2.45) is 0 Å². The van der Waals surface area contributed by atoms with Crippen molar-refractivity contribution in [2.75, 3.05) is 30.9 Å². The standard InChI is InChI=1S/C22H31N5O2/c1-5-29-19-8-6-7-16(14-19)21(28)25-18-11-9-17(10-12-18)24-20-13-15(2)23-22(26-20)27(3)4/h6-8,13-14,17-18H,5,9-12H2,1-4H3,(H,25,28)(H,23,24,26)/t17-,18+. The molecule has 7 nitrogen and oxygen atoms in total. The van der Waals surface area contributed by atoms with E-state index in [0.717, 1.165) is 42.9 Å². The number of amides is 1. The third-order valence-corrected chi connectivity index (χ3v) is 5.06. The van der Waals surface area contributed by atoms with Crippen LogP contribution in [-0.2, 0) is 0 Å². The highest BCUT2D eigenvalue weighted by Crippen LogP contribution is 2.23. The molecule has 0 unspecified atom stereocenters. The quantitative estimate of drug-likeness (QED) is 0.745. The molecular weight excluding hydrogens is 366 g/mol. The number of nitrogens with one attached hydrogen (secondary N) is 2. The van der Waals surface area contributed by atoms with Crippen LogP contribution in [0.2, 0.25) is 0 Å². The maximum absolute atomic E-state index is 12.6. The van der Waals surface area contributed by atoms with Gasteiger partial charge in [0.15, 0.2) is 0 Å². The van der Waals surface area contributed by atoms with Gasteiger partial charge in [-0.15, -0.1) is 0 Å². The Morgan fingerprint density at radius 2 is 1.86 bits per heavy atom. The van der Waals surface area contributed by atoms with Crippen LogP contribution in [0.15, 0.2) is 30.3 Å². The number of ether oxygens (including phenoxy) is 1. The van der Waals surface area contributed by atoms with E-state index in [0.29, 0.717) is 24.2 Å². The highest BCUT2D eigenvalue weighted by molar-refractivity contribution is 5.94. The molecule has 1 aromatic carbocycles. The molecule has 0 bridgehead atoms. The van der Waals surface area contributed by atoms with Crippen molar-refractivity contribution in [1.82, 2.24) is 15.3 Å². The monoisotopic (exact) mass is 397 g/mol. The molecule has 1 aromatic heterocycles. The fraction of sp³-hybridized carbons (Fsp3) is 0.500. The van der Waals surface area contributed by atoms with E-state index in [2.05, 4.69) is 20.6 Å². The second-order valence-electron chi connectivity index (χ2n) is 7.72. The fourth-order valence-corrected chi connectivity index (χ4v) is 3.58. The van der Waals surface area contributed by atoms with Gasteiger partial charge in [0, 0.05) is 43.5 Å². The van der Waals surface area contributed by atoms with Crippen LogP contribution >= 0.6 is 0 Å². The number of benzene rings is 1. The lowest BCUT2D eigenvalue weighted by Gasteiger charge is -2.30. The predicted molar refractivity (Wildman–Crippen MR) is 116 cm³/mol. The highest BCUT2D eigenvalue weighted by Gasteiger charge is 2.23. The molecule has 156 valence electrons. The Bertz CT molecular complexity index is 832. The van der Waals surface area contributed by atoms with E-state index < -0.39 is 0 Å². The number of aromatic nitrogens is 2. The Morgan fingerprint density at radius 1 is 1.14 bits per heavy atom. The molecule has 1 amide bonds. The van der Waals surface area contributed by atoms with Gasteiger partial charge >= 0.3 is 0 Å². The van der Waals surface area contributed by atoms with Gasteiger partial charge in [0.05, 0.1) is 6.61 Å². The first kappa shape index (κ1) is 20.9. The Kier molecular flexibility index (Phi) is 6.90. The Labute approximate surface area is 172 Å². The average molecular weight is 398 g/mol. The number of rotatable bonds is 7. The van der Waals surface area contributed by atoms with Crippen molar-refractivity contribution in [3.63, 3.8) is 0 Å². The lowest BCUT2D eigenvalue weighted by atomic mass is 9.91. The minimum atomic E-state index is -0.0370. The summed E-state index contributed by atoms with van der Waals surface area (Å²) in [5.74, 6) is 2.26. The molecule has 1 aliphatic rings. The van der Waals surface area contributed by atoms with E-state index in [1.54, 1.807) is 6.07 Å². The van der Waals surface area contributed by atoms with Crippen LogP contribution in [0, 0.1) is 6.92 Å². The van der Waals surface area contributed by atoms with Gasteiger partial charge in [-0.2, -0.15) is 4.98 Å². The van der Waals surface area contributed by atoms with E-state index in [1.165, 1.54) is 0 Å². The third-order valence-electron chi connectivity index (χ3n) is 5.06. The molecule has 29 heavy (non-hydrogen) atoms. The predicted octanol–water partition coefficient (Wildman–Crippen LogP) is 3.40. The van der Waals surface area contributed by atoms with Crippen molar-refractivity contribution in [3.05, 3.63) is 41.6 Å². The van der Waals surface area contributed by atoms with Crippen molar-refractivity contribution in [2.45, 2.75) is 51.6 Å². The summed E-state index contributed by atoms with van der Waals surface area (Å²) in [6.45, 7) is 4.50. The first-order valence-corrected chi connectivity index (χ1v) is 10.3. The summed E-state index contributed by atoms with van der Waals surface area (Å²) in [5, 5.41) is 6.70. The molecule has 0 saturated heterocycles. The summed E-state index contributed by atoms with van der Waals surface area (Å²) >= 11 is 0. The van der Waals surface area contributed by atoms with Gasteiger partial charge in [0.1, 0.15) is 11.6 Å². The van der Waals surface area contributed by atoms with Gasteiger partial charge in [0.2, 0.25) is 5.95 Å². The van der Waals surface area contributed by atoms with Crippen LogP contribution in [0.1, 0.15) is 48.7 Å². The SMILES string of the molecule is CCOc1cccc(C(=O)N[C@H]2CC[C@@H](Nc3cc(C)nc(N(C)C)n3)CC2)c1. The first-order chi connectivity index (χ1) is 13.9. The van der Waals surface area contributed by atoms with Crippen LogP contribution in [0.25, 0.3) is 0 Å². The second-order valence-corrected chi connectivity index (χ2v) is 7.72. The van der Waals surface area contributed by atoms with E-state index >= 15 is 0 Å². The first-order valence-electron chi connectivity index (χ1n) is 10.3. The summed E-state index contributed by atoms with van der Waals surface area (Å²) in [5.41, 5.74) is 1.59. The molecule has 1 fully saturated rings. The minimum Gasteiger partial charge on any atom is -0.494 e. The second kappa shape index (κ2) is 9.58. The van der Waals surface area contributed by atoms with Crippen LogP contribution in [0.5, 0.6) is 5.75 Å². The largest absolute Gasteiger partial charge is 0.494 e. The van der Waals surface area contributed by atoms with Crippen LogP contribution in [0.3, 0.4) is 0 Å². The number of anilines is 2. The van der Waals surface area contributed by atoms with Crippen LogP contribution in [0.4, 0.5) is 11.8 Å². The molecule has 0 aliphatic heterocycles. The van der Waals surface area contributed by atoms with Crippen molar-refractivity contribution in [3.8, 4) is 5.75 Å². The number of carbonyl (C=O) groups excluding carboxylic acids is 1. The third kappa shape index (κ3) is 5.82. The summed E-state index contributed by atoms with van der Waals surface area (Å²) in [4.78, 5) is 23.5. The van der Waals surface area contributed by atoms with Gasteiger partial charge in [-0.05, 0) is 57.7 Å². The van der Waals surface area contributed by atoms with Gasteiger partial charge in [-0.25, -0.2) is 4.98 Å². The molecule has 0 atom stereocenters. The zero-order chi connectivity index (χ0) is 20.8. The van der Waals surface area contributed by atoms with Crippen LogP contribution in [-0.4, -0.2) is 48.7 Å². The van der Waals surface area contributed by atoms with Crippen molar-refractivity contribution >= 4 is 17.7 Å². The maximum Gasteiger partial charge on any atom is 0.251 e. The number of hydrogen-bond donors (Lipinski definition) is 2. The topological polar surface area (TPSA) is 79.4 Å². The molecule has 3 rings (SSSR count). The Morgan fingerprint density at radius 3 is 2.55 bits per heavy atom.